The Morgan fingerprint density at radius 1 is 1.33 bits per heavy atom. The highest BCUT2D eigenvalue weighted by Crippen LogP contribution is 2.27. The molecule has 4 heteroatoms. The zero-order chi connectivity index (χ0) is 15.5. The quantitative estimate of drug-likeness (QED) is 0.596. The predicted octanol–water partition coefficient (Wildman–Crippen LogP) is 3.44. The lowest BCUT2D eigenvalue weighted by Crippen LogP contribution is -2.32. The average molecular weight is 303 g/mol. The summed E-state index contributed by atoms with van der Waals surface area (Å²) in [6.45, 7) is 8.17. The third-order valence-corrected chi connectivity index (χ3v) is 5.12. The van der Waals surface area contributed by atoms with E-state index in [1.807, 2.05) is 26.0 Å². The summed E-state index contributed by atoms with van der Waals surface area (Å²) in [7, 11) is -3.50. The van der Waals surface area contributed by atoms with E-state index in [-0.39, 0.29) is 0 Å². The summed E-state index contributed by atoms with van der Waals surface area (Å²) < 4.78 is 26.8. The number of nitrogens with zero attached hydrogens (tertiary/aromatic N) is 1. The number of benzene rings is 1. The molecule has 0 aromatic heterocycles. The Bertz CT molecular complexity index is 687. The third kappa shape index (κ3) is 4.18. The van der Waals surface area contributed by atoms with Gasteiger partial charge in [-0.15, -0.1) is 12.3 Å². The lowest BCUT2D eigenvalue weighted by atomic mass is 10.2. The van der Waals surface area contributed by atoms with Gasteiger partial charge in [-0.3, -0.25) is 0 Å². The highest BCUT2D eigenvalue weighted by Gasteiger charge is 2.23. The minimum absolute atomic E-state index is 0.296. The van der Waals surface area contributed by atoms with E-state index in [1.54, 1.807) is 18.2 Å². The van der Waals surface area contributed by atoms with Crippen LogP contribution in [-0.4, -0.2) is 25.8 Å². The molecule has 21 heavy (non-hydrogen) atoms. The fraction of sp³-hybridized carbons (Fsp3) is 0.353. The van der Waals surface area contributed by atoms with Crippen molar-refractivity contribution in [2.75, 3.05) is 13.1 Å². The van der Waals surface area contributed by atoms with Gasteiger partial charge in [-0.2, -0.15) is 4.31 Å². The van der Waals surface area contributed by atoms with E-state index < -0.39 is 10.0 Å². The second-order valence-corrected chi connectivity index (χ2v) is 7.35. The molecule has 2 rings (SSSR count). The first-order valence-corrected chi connectivity index (χ1v) is 8.49. The van der Waals surface area contributed by atoms with Crippen LogP contribution in [0.1, 0.15) is 25.3 Å². The molecule has 0 atom stereocenters. The SMILES string of the molecule is C=CCN(CC(C)=C=C1CC1)S(=O)(=O)c1ccc(C)cc1. The molecular formula is C17H21NO2S. The summed E-state index contributed by atoms with van der Waals surface area (Å²) in [5, 5.41) is 0. The Kier molecular flexibility index (Phi) is 4.84. The average Bonchev–Trinajstić information content (AvgIpc) is 3.22. The molecule has 0 radical (unpaired) electrons. The van der Waals surface area contributed by atoms with Crippen molar-refractivity contribution in [1.82, 2.24) is 4.31 Å². The highest BCUT2D eigenvalue weighted by atomic mass is 32.2. The van der Waals surface area contributed by atoms with Crippen molar-refractivity contribution in [3.8, 4) is 0 Å². The maximum Gasteiger partial charge on any atom is 0.243 e. The summed E-state index contributed by atoms with van der Waals surface area (Å²) in [6.07, 6.45) is 3.79. The van der Waals surface area contributed by atoms with Crippen LogP contribution in [-0.2, 0) is 10.0 Å². The molecular weight excluding hydrogens is 282 g/mol. The molecule has 0 spiro atoms. The van der Waals surface area contributed by atoms with Gasteiger partial charge < -0.3 is 0 Å². The molecule has 0 bridgehead atoms. The Morgan fingerprint density at radius 2 is 1.95 bits per heavy atom. The van der Waals surface area contributed by atoms with Crippen LogP contribution in [0, 0.1) is 6.92 Å². The van der Waals surface area contributed by atoms with E-state index in [4.69, 9.17) is 0 Å². The Labute approximate surface area is 127 Å². The second-order valence-electron chi connectivity index (χ2n) is 5.41. The summed E-state index contributed by atoms with van der Waals surface area (Å²) in [5.41, 5.74) is 6.53. The predicted molar refractivity (Wildman–Crippen MR) is 85.6 cm³/mol. The van der Waals surface area contributed by atoms with Gasteiger partial charge in [-0.1, -0.05) is 23.8 Å². The van der Waals surface area contributed by atoms with Gasteiger partial charge in [0.2, 0.25) is 10.0 Å². The molecule has 1 fully saturated rings. The van der Waals surface area contributed by atoms with Gasteiger partial charge >= 0.3 is 0 Å². The first kappa shape index (κ1) is 15.8. The molecule has 0 N–H and O–H groups in total. The number of sulfonamides is 1. The maximum absolute atomic E-state index is 12.7. The number of aryl methyl sites for hydroxylation is 1. The van der Waals surface area contributed by atoms with Crippen LogP contribution in [0.25, 0.3) is 0 Å². The maximum atomic E-state index is 12.7. The van der Waals surface area contributed by atoms with Crippen molar-refractivity contribution in [3.63, 3.8) is 0 Å². The molecule has 1 aromatic carbocycles. The van der Waals surface area contributed by atoms with Gasteiger partial charge in [0.25, 0.3) is 0 Å². The Hall–Kier alpha value is -1.61. The van der Waals surface area contributed by atoms with E-state index in [0.717, 1.165) is 24.0 Å². The lowest BCUT2D eigenvalue weighted by Gasteiger charge is -2.20. The van der Waals surface area contributed by atoms with Gasteiger partial charge in [-0.25, -0.2) is 8.42 Å². The van der Waals surface area contributed by atoms with E-state index in [0.29, 0.717) is 18.0 Å². The number of rotatable bonds is 6. The molecule has 3 nitrogen and oxygen atoms in total. The number of hydrogen-bond donors (Lipinski definition) is 0. The molecule has 0 heterocycles. The number of hydrogen-bond acceptors (Lipinski definition) is 2. The van der Waals surface area contributed by atoms with E-state index in [9.17, 15) is 8.42 Å². The minimum atomic E-state index is -3.50. The van der Waals surface area contributed by atoms with E-state index in [1.165, 1.54) is 9.88 Å². The van der Waals surface area contributed by atoms with Gasteiger partial charge in [0.15, 0.2) is 0 Å². The van der Waals surface area contributed by atoms with Crippen LogP contribution in [0.4, 0.5) is 0 Å². The summed E-state index contributed by atoms with van der Waals surface area (Å²) in [6, 6.07) is 6.93. The smallest absolute Gasteiger partial charge is 0.207 e. The summed E-state index contributed by atoms with van der Waals surface area (Å²) >= 11 is 0. The van der Waals surface area contributed by atoms with Crippen molar-refractivity contribution in [1.29, 1.82) is 0 Å². The van der Waals surface area contributed by atoms with Gasteiger partial charge in [0.05, 0.1) is 4.90 Å². The van der Waals surface area contributed by atoms with Crippen molar-refractivity contribution < 1.29 is 8.42 Å². The topological polar surface area (TPSA) is 37.4 Å². The van der Waals surface area contributed by atoms with Gasteiger partial charge in [0, 0.05) is 13.1 Å². The van der Waals surface area contributed by atoms with Crippen LogP contribution in [0.5, 0.6) is 0 Å². The first-order chi connectivity index (χ1) is 9.93. The molecule has 1 aliphatic rings. The van der Waals surface area contributed by atoms with E-state index in [2.05, 4.69) is 12.3 Å². The highest BCUT2D eigenvalue weighted by molar-refractivity contribution is 7.89. The summed E-state index contributed by atoms with van der Waals surface area (Å²) in [5.74, 6) is 0. The molecule has 112 valence electrons. The van der Waals surface area contributed by atoms with Crippen molar-refractivity contribution in [3.05, 3.63) is 59.4 Å². The van der Waals surface area contributed by atoms with Crippen molar-refractivity contribution in [2.24, 2.45) is 0 Å². The van der Waals surface area contributed by atoms with Crippen LogP contribution < -0.4 is 0 Å². The normalized spacial score (nSPS) is 14.0. The van der Waals surface area contributed by atoms with Gasteiger partial charge in [0.1, 0.15) is 0 Å². The zero-order valence-corrected chi connectivity index (χ0v) is 13.4. The zero-order valence-electron chi connectivity index (χ0n) is 12.6. The monoisotopic (exact) mass is 303 g/mol. The Morgan fingerprint density at radius 3 is 2.48 bits per heavy atom. The van der Waals surface area contributed by atoms with Crippen LogP contribution in [0.3, 0.4) is 0 Å². The standard InChI is InChI=1S/C17H21NO2S/c1-4-11-18(13-15(3)12-16-7-8-16)21(19,20)17-9-5-14(2)6-10-17/h4-6,9-10H,1,7-8,11,13H2,2-3H3. The van der Waals surface area contributed by atoms with Gasteiger partial charge in [-0.05, 0) is 50.0 Å². The molecule has 0 unspecified atom stereocenters. The molecule has 0 saturated heterocycles. The van der Waals surface area contributed by atoms with Crippen LogP contribution in [0.15, 0.2) is 58.7 Å². The van der Waals surface area contributed by atoms with Crippen LogP contribution in [0.2, 0.25) is 0 Å². The fourth-order valence-corrected chi connectivity index (χ4v) is 3.49. The second kappa shape index (κ2) is 6.44. The molecule has 1 aromatic rings. The fourth-order valence-electron chi connectivity index (χ4n) is 2.04. The van der Waals surface area contributed by atoms with E-state index >= 15 is 0 Å². The first-order valence-electron chi connectivity index (χ1n) is 7.05. The molecule has 0 aliphatic heterocycles. The minimum Gasteiger partial charge on any atom is -0.207 e. The lowest BCUT2D eigenvalue weighted by molar-refractivity contribution is 0.467. The Balaban J connectivity index is 2.29. The van der Waals surface area contributed by atoms with Crippen molar-refractivity contribution >= 4 is 10.0 Å². The largest absolute Gasteiger partial charge is 0.243 e. The van der Waals surface area contributed by atoms with Crippen molar-refractivity contribution in [2.45, 2.75) is 31.6 Å². The van der Waals surface area contributed by atoms with Crippen LogP contribution >= 0.6 is 0 Å². The molecule has 0 amide bonds. The summed E-state index contributed by atoms with van der Waals surface area (Å²) in [4.78, 5) is 0.321. The molecule has 1 aliphatic carbocycles. The third-order valence-electron chi connectivity index (χ3n) is 3.30. The molecule has 1 saturated carbocycles.